The van der Waals surface area contributed by atoms with Gasteiger partial charge in [-0.15, -0.1) is 12.4 Å². The van der Waals surface area contributed by atoms with E-state index in [9.17, 15) is 4.79 Å². The van der Waals surface area contributed by atoms with Crippen molar-refractivity contribution in [3.63, 3.8) is 0 Å². The summed E-state index contributed by atoms with van der Waals surface area (Å²) in [6, 6.07) is 15.1. The Bertz CT molecular complexity index is 677. The normalized spacial score (nSPS) is 12.6. The highest BCUT2D eigenvalue weighted by molar-refractivity contribution is 5.85. The van der Waals surface area contributed by atoms with Crippen LogP contribution in [0.25, 0.3) is 11.1 Å². The SMILES string of the molecule is COCC(N)C(=O)NC(C)c1ccc(-c2ccccc2OC)cc1.Cl. The van der Waals surface area contributed by atoms with Gasteiger partial charge >= 0.3 is 0 Å². The Hall–Kier alpha value is -2.08. The third-order valence-corrected chi connectivity index (χ3v) is 3.87. The van der Waals surface area contributed by atoms with Crippen molar-refractivity contribution in [3.05, 3.63) is 54.1 Å². The summed E-state index contributed by atoms with van der Waals surface area (Å²) in [5, 5.41) is 2.89. The summed E-state index contributed by atoms with van der Waals surface area (Å²) in [5.41, 5.74) is 8.84. The van der Waals surface area contributed by atoms with Gasteiger partial charge in [-0.2, -0.15) is 0 Å². The first kappa shape index (κ1) is 21.0. The van der Waals surface area contributed by atoms with Crippen molar-refractivity contribution < 1.29 is 14.3 Å². The molecule has 0 bridgehead atoms. The van der Waals surface area contributed by atoms with Crippen LogP contribution in [-0.4, -0.2) is 32.8 Å². The predicted molar refractivity (Wildman–Crippen MR) is 102 cm³/mol. The first-order valence-electron chi connectivity index (χ1n) is 7.85. The van der Waals surface area contributed by atoms with E-state index in [4.69, 9.17) is 15.2 Å². The molecule has 0 aliphatic carbocycles. The van der Waals surface area contributed by atoms with Gasteiger partial charge in [-0.3, -0.25) is 4.79 Å². The third kappa shape index (κ3) is 5.46. The first-order valence-corrected chi connectivity index (χ1v) is 7.85. The first-order chi connectivity index (χ1) is 11.6. The molecule has 5 nitrogen and oxygen atoms in total. The molecular weight excluding hydrogens is 340 g/mol. The number of hydrogen-bond donors (Lipinski definition) is 2. The van der Waals surface area contributed by atoms with Gasteiger partial charge in [0.25, 0.3) is 0 Å². The molecule has 0 aliphatic heterocycles. The van der Waals surface area contributed by atoms with E-state index in [-0.39, 0.29) is 31.0 Å². The van der Waals surface area contributed by atoms with Crippen molar-refractivity contribution in [1.82, 2.24) is 5.32 Å². The smallest absolute Gasteiger partial charge is 0.239 e. The number of carbonyl (C=O) groups excluding carboxylic acids is 1. The largest absolute Gasteiger partial charge is 0.496 e. The van der Waals surface area contributed by atoms with Gasteiger partial charge in [-0.25, -0.2) is 0 Å². The topological polar surface area (TPSA) is 73.6 Å². The molecule has 2 atom stereocenters. The fourth-order valence-corrected chi connectivity index (χ4v) is 2.49. The average Bonchev–Trinajstić information content (AvgIpc) is 2.62. The lowest BCUT2D eigenvalue weighted by Gasteiger charge is -2.18. The summed E-state index contributed by atoms with van der Waals surface area (Å²) >= 11 is 0. The zero-order valence-corrected chi connectivity index (χ0v) is 15.5. The number of rotatable bonds is 7. The monoisotopic (exact) mass is 364 g/mol. The van der Waals surface area contributed by atoms with Crippen molar-refractivity contribution in [3.8, 4) is 16.9 Å². The van der Waals surface area contributed by atoms with Gasteiger partial charge < -0.3 is 20.5 Å². The molecule has 1 amide bonds. The minimum Gasteiger partial charge on any atom is -0.496 e. The maximum atomic E-state index is 12.0. The van der Waals surface area contributed by atoms with Crippen LogP contribution in [0.3, 0.4) is 0 Å². The molecule has 6 heteroatoms. The van der Waals surface area contributed by atoms with E-state index in [0.717, 1.165) is 22.4 Å². The molecular formula is C19H25ClN2O3. The van der Waals surface area contributed by atoms with Gasteiger partial charge in [0, 0.05) is 12.7 Å². The second kappa shape index (κ2) is 10.0. The van der Waals surface area contributed by atoms with E-state index >= 15 is 0 Å². The average molecular weight is 365 g/mol. The zero-order valence-electron chi connectivity index (χ0n) is 14.7. The quantitative estimate of drug-likeness (QED) is 0.792. The lowest BCUT2D eigenvalue weighted by molar-refractivity contribution is -0.124. The Morgan fingerprint density at radius 1 is 1.12 bits per heavy atom. The summed E-state index contributed by atoms with van der Waals surface area (Å²) in [4.78, 5) is 12.0. The van der Waals surface area contributed by atoms with E-state index < -0.39 is 6.04 Å². The number of halogens is 1. The van der Waals surface area contributed by atoms with E-state index in [0.29, 0.717) is 0 Å². The molecule has 0 spiro atoms. The number of methoxy groups -OCH3 is 2. The van der Waals surface area contributed by atoms with Gasteiger partial charge in [-0.1, -0.05) is 42.5 Å². The van der Waals surface area contributed by atoms with E-state index in [1.165, 1.54) is 7.11 Å². The molecule has 0 saturated heterocycles. The number of ether oxygens (including phenoxy) is 2. The van der Waals surface area contributed by atoms with Gasteiger partial charge in [0.2, 0.25) is 5.91 Å². The van der Waals surface area contributed by atoms with Crippen molar-refractivity contribution >= 4 is 18.3 Å². The van der Waals surface area contributed by atoms with Crippen LogP contribution < -0.4 is 15.8 Å². The van der Waals surface area contributed by atoms with Gasteiger partial charge in [0.15, 0.2) is 0 Å². The summed E-state index contributed by atoms with van der Waals surface area (Å²) in [7, 11) is 3.18. The number of carbonyl (C=O) groups is 1. The van der Waals surface area contributed by atoms with Crippen LogP contribution in [-0.2, 0) is 9.53 Å². The number of hydrogen-bond acceptors (Lipinski definition) is 4. The Morgan fingerprint density at radius 2 is 1.76 bits per heavy atom. The van der Waals surface area contributed by atoms with Crippen LogP contribution in [0.5, 0.6) is 5.75 Å². The van der Waals surface area contributed by atoms with Crippen molar-refractivity contribution in [2.45, 2.75) is 19.0 Å². The Kier molecular flexibility index (Phi) is 8.41. The van der Waals surface area contributed by atoms with Gasteiger partial charge in [0.1, 0.15) is 11.8 Å². The highest BCUT2D eigenvalue weighted by Gasteiger charge is 2.16. The number of nitrogens with two attached hydrogens (primary N) is 1. The number of para-hydroxylation sites is 1. The number of benzene rings is 2. The van der Waals surface area contributed by atoms with Crippen molar-refractivity contribution in [2.24, 2.45) is 5.73 Å². The zero-order chi connectivity index (χ0) is 17.5. The predicted octanol–water partition coefficient (Wildman–Crippen LogP) is 2.93. The molecule has 0 aliphatic rings. The van der Waals surface area contributed by atoms with Gasteiger partial charge in [-0.05, 0) is 24.1 Å². The standard InChI is InChI=1S/C19H24N2O3.ClH/c1-13(21-19(22)17(20)12-23-2)14-8-10-15(11-9-14)16-6-4-5-7-18(16)24-3;/h4-11,13,17H,12,20H2,1-3H3,(H,21,22);1H. The molecule has 136 valence electrons. The van der Waals surface area contributed by atoms with E-state index in [2.05, 4.69) is 5.32 Å². The summed E-state index contributed by atoms with van der Waals surface area (Å²) < 4.78 is 10.3. The fraction of sp³-hybridized carbons (Fsp3) is 0.316. The Balaban J connectivity index is 0.00000312. The lowest BCUT2D eigenvalue weighted by Crippen LogP contribution is -2.44. The molecule has 0 radical (unpaired) electrons. The minimum atomic E-state index is -0.662. The van der Waals surface area contributed by atoms with Crippen molar-refractivity contribution in [2.75, 3.05) is 20.8 Å². The fourth-order valence-electron chi connectivity index (χ4n) is 2.49. The second-order valence-corrected chi connectivity index (χ2v) is 5.61. The number of nitrogens with one attached hydrogen (secondary N) is 1. The molecule has 0 aromatic heterocycles. The van der Waals surface area contributed by atoms with Crippen molar-refractivity contribution in [1.29, 1.82) is 0 Å². The maximum Gasteiger partial charge on any atom is 0.239 e. The number of amides is 1. The van der Waals surface area contributed by atoms with Crippen LogP contribution in [0.1, 0.15) is 18.5 Å². The molecule has 2 unspecified atom stereocenters. The summed E-state index contributed by atoms with van der Waals surface area (Å²) in [6.45, 7) is 2.13. The van der Waals surface area contributed by atoms with Crippen LogP contribution in [0.15, 0.2) is 48.5 Å². The van der Waals surface area contributed by atoms with Crippen LogP contribution >= 0.6 is 12.4 Å². The third-order valence-electron chi connectivity index (χ3n) is 3.87. The molecule has 25 heavy (non-hydrogen) atoms. The lowest BCUT2D eigenvalue weighted by atomic mass is 10.0. The molecule has 0 fully saturated rings. The molecule has 0 heterocycles. The highest BCUT2D eigenvalue weighted by atomic mass is 35.5. The minimum absolute atomic E-state index is 0. The molecule has 2 aromatic carbocycles. The van der Waals surface area contributed by atoms with E-state index in [1.807, 2.05) is 55.5 Å². The van der Waals surface area contributed by atoms with Crippen LogP contribution in [0.4, 0.5) is 0 Å². The summed E-state index contributed by atoms with van der Waals surface area (Å²) in [5.74, 6) is 0.607. The molecule has 2 aromatic rings. The van der Waals surface area contributed by atoms with E-state index in [1.54, 1.807) is 7.11 Å². The van der Waals surface area contributed by atoms with Crippen LogP contribution in [0.2, 0.25) is 0 Å². The van der Waals surface area contributed by atoms with Crippen LogP contribution in [0, 0.1) is 0 Å². The Morgan fingerprint density at radius 3 is 2.36 bits per heavy atom. The maximum absolute atomic E-state index is 12.0. The molecule has 3 N–H and O–H groups in total. The highest BCUT2D eigenvalue weighted by Crippen LogP contribution is 2.30. The molecule has 2 rings (SSSR count). The van der Waals surface area contributed by atoms with Gasteiger partial charge in [0.05, 0.1) is 19.8 Å². The Labute approximate surface area is 154 Å². The summed E-state index contributed by atoms with van der Waals surface area (Å²) in [6.07, 6.45) is 0. The molecule has 0 saturated carbocycles. The second-order valence-electron chi connectivity index (χ2n) is 5.61.